The zero-order chi connectivity index (χ0) is 12.3. The molecule has 2 rings (SSSR count). The van der Waals surface area contributed by atoms with Crippen LogP contribution in [0.3, 0.4) is 0 Å². The molecule has 0 aliphatic heterocycles. The minimum Gasteiger partial charge on any atom is -0.453 e. The molecule has 5 heteroatoms. The lowest BCUT2D eigenvalue weighted by molar-refractivity contribution is 0.440. The number of benzene rings is 1. The zero-order valence-corrected chi connectivity index (χ0v) is 10.4. The standard InChI is InChI=1S/C12H10BrFN2O/c13-9-1-2-12(11(14)4-9)17-10-3-8(5-15)6-16-7-10/h1-4,6-7H,5,15H2. The Morgan fingerprint density at radius 3 is 2.82 bits per heavy atom. The van der Waals surface area contributed by atoms with Crippen molar-refractivity contribution >= 4 is 15.9 Å². The number of halogens is 2. The van der Waals surface area contributed by atoms with Crippen LogP contribution in [0.5, 0.6) is 11.5 Å². The fourth-order valence-electron chi connectivity index (χ4n) is 1.32. The van der Waals surface area contributed by atoms with Gasteiger partial charge in [0.2, 0.25) is 0 Å². The SMILES string of the molecule is NCc1cncc(Oc2ccc(Br)cc2F)c1. The van der Waals surface area contributed by atoms with Gasteiger partial charge in [-0.3, -0.25) is 4.98 Å². The van der Waals surface area contributed by atoms with Crippen LogP contribution < -0.4 is 10.5 Å². The second-order valence-corrected chi connectivity index (χ2v) is 4.33. The quantitative estimate of drug-likeness (QED) is 0.946. The molecule has 1 aromatic heterocycles. The second-order valence-electron chi connectivity index (χ2n) is 3.41. The van der Waals surface area contributed by atoms with Gasteiger partial charge < -0.3 is 10.5 Å². The van der Waals surface area contributed by atoms with Crippen LogP contribution in [0.1, 0.15) is 5.56 Å². The molecule has 0 aliphatic carbocycles. The average Bonchev–Trinajstić information content (AvgIpc) is 2.33. The van der Waals surface area contributed by atoms with Crippen LogP contribution in [0, 0.1) is 5.82 Å². The molecule has 17 heavy (non-hydrogen) atoms. The van der Waals surface area contributed by atoms with E-state index in [1.807, 2.05) is 0 Å². The van der Waals surface area contributed by atoms with E-state index in [-0.39, 0.29) is 5.75 Å². The first-order chi connectivity index (χ1) is 8.19. The lowest BCUT2D eigenvalue weighted by Crippen LogP contribution is -1.97. The monoisotopic (exact) mass is 296 g/mol. The lowest BCUT2D eigenvalue weighted by Gasteiger charge is -2.07. The molecule has 0 saturated heterocycles. The van der Waals surface area contributed by atoms with E-state index >= 15 is 0 Å². The molecule has 0 amide bonds. The van der Waals surface area contributed by atoms with Crippen molar-refractivity contribution in [2.75, 3.05) is 0 Å². The predicted octanol–water partition coefficient (Wildman–Crippen LogP) is 3.23. The number of nitrogens with zero attached hydrogens (tertiary/aromatic N) is 1. The maximum absolute atomic E-state index is 13.5. The van der Waals surface area contributed by atoms with Crippen LogP contribution in [0.15, 0.2) is 41.1 Å². The van der Waals surface area contributed by atoms with Crippen LogP contribution in [-0.2, 0) is 6.54 Å². The number of ether oxygens (including phenoxy) is 1. The van der Waals surface area contributed by atoms with Crippen molar-refractivity contribution in [3.05, 3.63) is 52.5 Å². The van der Waals surface area contributed by atoms with Crippen LogP contribution in [0.2, 0.25) is 0 Å². The Morgan fingerprint density at radius 2 is 2.12 bits per heavy atom. The van der Waals surface area contributed by atoms with Crippen molar-refractivity contribution in [3.63, 3.8) is 0 Å². The topological polar surface area (TPSA) is 48.1 Å². The third-order valence-corrected chi connectivity index (χ3v) is 2.62. The predicted molar refractivity (Wildman–Crippen MR) is 66.3 cm³/mol. The van der Waals surface area contributed by atoms with Gasteiger partial charge in [-0.2, -0.15) is 0 Å². The first-order valence-electron chi connectivity index (χ1n) is 4.96. The summed E-state index contributed by atoms with van der Waals surface area (Å²) in [6, 6.07) is 6.33. The molecule has 2 N–H and O–H groups in total. The fraction of sp³-hybridized carbons (Fsp3) is 0.0833. The molecule has 0 unspecified atom stereocenters. The van der Waals surface area contributed by atoms with Crippen molar-refractivity contribution in [2.24, 2.45) is 5.73 Å². The van der Waals surface area contributed by atoms with Crippen LogP contribution in [0.25, 0.3) is 0 Å². The Bertz CT molecular complexity index is 534. The van der Waals surface area contributed by atoms with Gasteiger partial charge >= 0.3 is 0 Å². The second kappa shape index (κ2) is 5.25. The Hall–Kier alpha value is -1.46. The Labute approximate surface area is 107 Å². The molecular weight excluding hydrogens is 287 g/mol. The molecule has 0 saturated carbocycles. The van der Waals surface area contributed by atoms with E-state index in [1.54, 1.807) is 24.4 Å². The third kappa shape index (κ3) is 3.01. The normalized spacial score (nSPS) is 10.3. The highest BCUT2D eigenvalue weighted by molar-refractivity contribution is 9.10. The molecule has 0 fully saturated rings. The molecule has 88 valence electrons. The van der Waals surface area contributed by atoms with Gasteiger partial charge in [-0.25, -0.2) is 4.39 Å². The first kappa shape index (κ1) is 12.0. The summed E-state index contributed by atoms with van der Waals surface area (Å²) in [4.78, 5) is 3.96. The number of aromatic nitrogens is 1. The summed E-state index contributed by atoms with van der Waals surface area (Å²) in [5, 5.41) is 0. The van der Waals surface area contributed by atoms with E-state index in [4.69, 9.17) is 10.5 Å². The van der Waals surface area contributed by atoms with Crippen molar-refractivity contribution in [1.29, 1.82) is 0 Å². The van der Waals surface area contributed by atoms with Crippen molar-refractivity contribution < 1.29 is 9.13 Å². The van der Waals surface area contributed by atoms with E-state index in [0.717, 1.165) is 5.56 Å². The van der Waals surface area contributed by atoms with Gasteiger partial charge in [0.25, 0.3) is 0 Å². The Morgan fingerprint density at radius 1 is 1.29 bits per heavy atom. The number of hydrogen-bond acceptors (Lipinski definition) is 3. The number of nitrogens with two attached hydrogens (primary N) is 1. The van der Waals surface area contributed by atoms with Gasteiger partial charge in [-0.05, 0) is 29.8 Å². The zero-order valence-electron chi connectivity index (χ0n) is 8.86. The van der Waals surface area contributed by atoms with Gasteiger partial charge in [0.15, 0.2) is 11.6 Å². The van der Waals surface area contributed by atoms with E-state index < -0.39 is 5.82 Å². The summed E-state index contributed by atoms with van der Waals surface area (Å²) in [6.07, 6.45) is 3.16. The van der Waals surface area contributed by atoms with E-state index in [2.05, 4.69) is 20.9 Å². The van der Waals surface area contributed by atoms with Crippen molar-refractivity contribution in [2.45, 2.75) is 6.54 Å². The molecule has 1 heterocycles. The maximum atomic E-state index is 13.5. The van der Waals surface area contributed by atoms with Crippen LogP contribution in [0.4, 0.5) is 4.39 Å². The van der Waals surface area contributed by atoms with Gasteiger partial charge in [0, 0.05) is 17.2 Å². The van der Waals surface area contributed by atoms with Crippen LogP contribution >= 0.6 is 15.9 Å². The summed E-state index contributed by atoms with van der Waals surface area (Å²) < 4.78 is 19.6. The molecule has 0 bridgehead atoms. The summed E-state index contributed by atoms with van der Waals surface area (Å²) in [7, 11) is 0. The molecule has 2 aromatic rings. The highest BCUT2D eigenvalue weighted by Gasteiger charge is 2.05. The summed E-state index contributed by atoms with van der Waals surface area (Å²) in [6.45, 7) is 0.368. The fourth-order valence-corrected chi connectivity index (χ4v) is 1.65. The highest BCUT2D eigenvalue weighted by atomic mass is 79.9. The van der Waals surface area contributed by atoms with Crippen LogP contribution in [-0.4, -0.2) is 4.98 Å². The molecule has 0 atom stereocenters. The van der Waals surface area contributed by atoms with Crippen molar-refractivity contribution in [1.82, 2.24) is 4.98 Å². The number of rotatable bonds is 3. The molecule has 0 aliphatic rings. The van der Waals surface area contributed by atoms with E-state index in [0.29, 0.717) is 16.8 Å². The van der Waals surface area contributed by atoms with E-state index in [1.165, 1.54) is 12.3 Å². The maximum Gasteiger partial charge on any atom is 0.166 e. The Balaban J connectivity index is 2.25. The van der Waals surface area contributed by atoms with Gasteiger partial charge in [0.05, 0.1) is 6.20 Å². The minimum atomic E-state index is -0.433. The number of hydrogen-bond donors (Lipinski definition) is 1. The number of pyridine rings is 1. The summed E-state index contributed by atoms with van der Waals surface area (Å²) >= 11 is 3.18. The lowest BCUT2D eigenvalue weighted by atomic mass is 10.3. The van der Waals surface area contributed by atoms with E-state index in [9.17, 15) is 4.39 Å². The molecule has 0 radical (unpaired) electrons. The van der Waals surface area contributed by atoms with Gasteiger partial charge in [-0.1, -0.05) is 15.9 Å². The largest absolute Gasteiger partial charge is 0.453 e. The smallest absolute Gasteiger partial charge is 0.166 e. The molecule has 0 spiro atoms. The van der Waals surface area contributed by atoms with Gasteiger partial charge in [-0.15, -0.1) is 0 Å². The third-order valence-electron chi connectivity index (χ3n) is 2.13. The Kier molecular flexibility index (Phi) is 3.71. The minimum absolute atomic E-state index is 0.157. The summed E-state index contributed by atoms with van der Waals surface area (Å²) in [5.41, 5.74) is 6.32. The van der Waals surface area contributed by atoms with Crippen molar-refractivity contribution in [3.8, 4) is 11.5 Å². The first-order valence-corrected chi connectivity index (χ1v) is 5.75. The summed E-state index contributed by atoms with van der Waals surface area (Å²) in [5.74, 6) is 0.191. The molecule has 1 aromatic carbocycles. The average molecular weight is 297 g/mol. The highest BCUT2D eigenvalue weighted by Crippen LogP contribution is 2.26. The molecular formula is C12H10BrFN2O. The van der Waals surface area contributed by atoms with Gasteiger partial charge in [0.1, 0.15) is 5.75 Å². The molecule has 3 nitrogen and oxygen atoms in total.